The summed E-state index contributed by atoms with van der Waals surface area (Å²) >= 11 is 0. The average molecular weight is 371 g/mol. The van der Waals surface area contributed by atoms with Crippen LogP contribution in [0, 0.1) is 0 Å². The zero-order valence-corrected chi connectivity index (χ0v) is 16.5. The van der Waals surface area contributed by atoms with Crippen LogP contribution in [-0.2, 0) is 16.6 Å². The van der Waals surface area contributed by atoms with Crippen LogP contribution in [0.2, 0.25) is 0 Å². The van der Waals surface area contributed by atoms with Crippen LogP contribution >= 0.6 is 0 Å². The molecule has 0 fully saturated rings. The monoisotopic (exact) mass is 370 g/mol. The molecule has 0 heterocycles. The summed E-state index contributed by atoms with van der Waals surface area (Å²) in [6.45, 7) is 9.73. The van der Waals surface area contributed by atoms with Crippen LogP contribution in [0.25, 0.3) is 0 Å². The molecule has 142 valence electrons. The average Bonchev–Trinajstić information content (AvgIpc) is 2.49. The fraction of sp³-hybridized carbons (Fsp3) is 0.588. The molecule has 0 aromatic heterocycles. The van der Waals surface area contributed by atoms with Crippen molar-refractivity contribution < 1.29 is 13.2 Å². The molecule has 0 atom stereocenters. The fourth-order valence-corrected chi connectivity index (χ4v) is 3.36. The summed E-state index contributed by atoms with van der Waals surface area (Å²) < 4.78 is 31.1. The van der Waals surface area contributed by atoms with Gasteiger partial charge in [0.1, 0.15) is 5.75 Å². The minimum absolute atomic E-state index is 0.402. The number of rotatable bonds is 9. The van der Waals surface area contributed by atoms with Gasteiger partial charge in [-0.25, -0.2) is 18.1 Å². The predicted octanol–water partition coefficient (Wildman–Crippen LogP) is 1.47. The van der Waals surface area contributed by atoms with Crippen molar-refractivity contribution in [3.8, 4) is 5.75 Å². The van der Waals surface area contributed by atoms with Crippen molar-refractivity contribution in [2.24, 2.45) is 4.99 Å². The van der Waals surface area contributed by atoms with Gasteiger partial charge in [0.15, 0.2) is 5.96 Å². The molecule has 1 aromatic carbocycles. The lowest BCUT2D eigenvalue weighted by molar-refractivity contribution is 0.336. The van der Waals surface area contributed by atoms with Crippen LogP contribution in [0.1, 0.15) is 33.3 Å². The van der Waals surface area contributed by atoms with E-state index in [2.05, 4.69) is 20.3 Å². The maximum absolute atomic E-state index is 11.4. The topological polar surface area (TPSA) is 91.8 Å². The lowest BCUT2D eigenvalue weighted by atomic mass is 10.1. The molecule has 0 unspecified atom stereocenters. The number of guanidine groups is 1. The van der Waals surface area contributed by atoms with E-state index < -0.39 is 15.6 Å². The highest BCUT2D eigenvalue weighted by atomic mass is 32.2. The highest BCUT2D eigenvalue weighted by Crippen LogP contribution is 2.18. The summed E-state index contributed by atoms with van der Waals surface area (Å²) in [4.78, 5) is 4.56. The molecular formula is C17H30N4O3S. The van der Waals surface area contributed by atoms with Crippen LogP contribution in [-0.4, -0.2) is 45.9 Å². The molecule has 0 amide bonds. The molecule has 0 aliphatic carbocycles. The Hall–Kier alpha value is -1.80. The van der Waals surface area contributed by atoms with Gasteiger partial charge in [-0.2, -0.15) is 0 Å². The highest BCUT2D eigenvalue weighted by molar-refractivity contribution is 7.88. The van der Waals surface area contributed by atoms with E-state index >= 15 is 0 Å². The molecule has 0 aliphatic heterocycles. The minimum Gasteiger partial charge on any atom is -0.494 e. The molecule has 25 heavy (non-hydrogen) atoms. The van der Waals surface area contributed by atoms with E-state index in [0.717, 1.165) is 17.6 Å². The molecular weight excluding hydrogens is 340 g/mol. The number of hydrogen-bond donors (Lipinski definition) is 3. The van der Waals surface area contributed by atoms with E-state index in [9.17, 15) is 8.42 Å². The molecule has 0 spiro atoms. The fourth-order valence-electron chi connectivity index (χ4n) is 2.28. The standard InChI is InChI=1S/C17H30N4O3S/c1-6-18-16(20-13-17(3,4)21-25(5,22)23)19-12-14-10-8-9-11-15(14)24-7-2/h8-11,21H,6-7,12-13H2,1-5H3,(H2,18,19,20). The van der Waals surface area contributed by atoms with Gasteiger partial charge < -0.3 is 15.4 Å². The number of nitrogens with zero attached hydrogens (tertiary/aromatic N) is 1. The number of para-hydroxylation sites is 1. The van der Waals surface area contributed by atoms with Crippen molar-refractivity contribution >= 4 is 16.0 Å². The van der Waals surface area contributed by atoms with Crippen molar-refractivity contribution in [3.63, 3.8) is 0 Å². The molecule has 0 bridgehead atoms. The summed E-state index contributed by atoms with van der Waals surface area (Å²) in [6.07, 6.45) is 1.15. The smallest absolute Gasteiger partial charge is 0.209 e. The van der Waals surface area contributed by atoms with Gasteiger partial charge in [-0.05, 0) is 33.8 Å². The Morgan fingerprint density at radius 2 is 1.88 bits per heavy atom. The van der Waals surface area contributed by atoms with Crippen LogP contribution < -0.4 is 20.1 Å². The summed E-state index contributed by atoms with van der Waals surface area (Å²) in [7, 11) is -3.28. The predicted molar refractivity (Wildman–Crippen MR) is 102 cm³/mol. The third kappa shape index (κ3) is 8.74. The Labute approximate surface area is 151 Å². The lowest BCUT2D eigenvalue weighted by Crippen LogP contribution is -2.53. The minimum atomic E-state index is -3.28. The van der Waals surface area contributed by atoms with Gasteiger partial charge in [-0.3, -0.25) is 0 Å². The van der Waals surface area contributed by atoms with Crippen LogP contribution in [0.5, 0.6) is 5.75 Å². The summed E-state index contributed by atoms with van der Waals surface area (Å²) in [5.41, 5.74) is 0.363. The third-order valence-corrected chi connectivity index (χ3v) is 4.11. The molecule has 0 saturated heterocycles. The number of nitrogens with one attached hydrogen (secondary N) is 3. The Morgan fingerprint density at radius 1 is 1.20 bits per heavy atom. The SMILES string of the molecule is CCNC(=NCc1ccccc1OCC)NCC(C)(C)NS(C)(=O)=O. The van der Waals surface area contributed by atoms with E-state index in [4.69, 9.17) is 4.74 Å². The zero-order valence-electron chi connectivity index (χ0n) is 15.7. The van der Waals surface area contributed by atoms with Crippen molar-refractivity contribution in [2.75, 3.05) is 26.0 Å². The molecule has 1 aromatic rings. The zero-order chi connectivity index (χ0) is 18.9. The van der Waals surface area contributed by atoms with Crippen molar-refractivity contribution in [1.82, 2.24) is 15.4 Å². The lowest BCUT2D eigenvalue weighted by Gasteiger charge is -2.26. The number of aliphatic imine (C=N–C) groups is 1. The van der Waals surface area contributed by atoms with E-state index in [1.165, 1.54) is 0 Å². The van der Waals surface area contributed by atoms with Crippen molar-refractivity contribution in [3.05, 3.63) is 29.8 Å². The van der Waals surface area contributed by atoms with Gasteiger partial charge in [-0.1, -0.05) is 18.2 Å². The molecule has 8 heteroatoms. The Kier molecular flexibility index (Phi) is 8.18. The Morgan fingerprint density at radius 3 is 2.48 bits per heavy atom. The van der Waals surface area contributed by atoms with Crippen LogP contribution in [0.4, 0.5) is 0 Å². The quantitative estimate of drug-likeness (QED) is 0.452. The van der Waals surface area contributed by atoms with E-state index in [-0.39, 0.29) is 0 Å². The van der Waals surface area contributed by atoms with Gasteiger partial charge in [0, 0.05) is 24.2 Å². The van der Waals surface area contributed by atoms with Gasteiger partial charge in [0.2, 0.25) is 10.0 Å². The Bertz CT molecular complexity index is 672. The first-order chi connectivity index (χ1) is 11.7. The van der Waals surface area contributed by atoms with Gasteiger partial charge in [0.05, 0.1) is 19.4 Å². The molecule has 7 nitrogen and oxygen atoms in total. The maximum atomic E-state index is 11.4. The first kappa shape index (κ1) is 21.2. The molecule has 0 aliphatic rings. The summed E-state index contributed by atoms with van der Waals surface area (Å²) in [6, 6.07) is 7.79. The number of ether oxygens (including phenoxy) is 1. The first-order valence-corrected chi connectivity index (χ1v) is 10.3. The van der Waals surface area contributed by atoms with Gasteiger partial charge in [0.25, 0.3) is 0 Å². The Balaban J connectivity index is 2.78. The van der Waals surface area contributed by atoms with Gasteiger partial charge >= 0.3 is 0 Å². The number of hydrogen-bond acceptors (Lipinski definition) is 4. The molecule has 0 saturated carbocycles. The van der Waals surface area contributed by atoms with E-state index in [1.54, 1.807) is 0 Å². The maximum Gasteiger partial charge on any atom is 0.209 e. The molecule has 1 rings (SSSR count). The second kappa shape index (κ2) is 9.62. The normalized spacial score (nSPS) is 12.8. The summed E-state index contributed by atoms with van der Waals surface area (Å²) in [5.74, 6) is 1.45. The third-order valence-electron chi connectivity index (χ3n) is 3.18. The number of benzene rings is 1. The van der Waals surface area contributed by atoms with Crippen LogP contribution in [0.15, 0.2) is 29.3 Å². The summed E-state index contributed by atoms with van der Waals surface area (Å²) in [5, 5.41) is 6.34. The second-order valence-corrected chi connectivity index (χ2v) is 8.10. The molecule has 3 N–H and O–H groups in total. The molecule has 0 radical (unpaired) electrons. The van der Waals surface area contributed by atoms with Gasteiger partial charge in [-0.15, -0.1) is 0 Å². The van der Waals surface area contributed by atoms with E-state index in [1.807, 2.05) is 52.0 Å². The number of sulfonamides is 1. The first-order valence-electron chi connectivity index (χ1n) is 8.38. The van der Waals surface area contributed by atoms with Crippen molar-refractivity contribution in [2.45, 2.75) is 39.8 Å². The van der Waals surface area contributed by atoms with Crippen LogP contribution in [0.3, 0.4) is 0 Å². The van der Waals surface area contributed by atoms with Crippen molar-refractivity contribution in [1.29, 1.82) is 0 Å². The van der Waals surface area contributed by atoms with E-state index in [0.29, 0.717) is 32.2 Å². The second-order valence-electron chi connectivity index (χ2n) is 6.35. The largest absolute Gasteiger partial charge is 0.494 e. The highest BCUT2D eigenvalue weighted by Gasteiger charge is 2.22.